The van der Waals surface area contributed by atoms with Gasteiger partial charge >= 0.3 is 5.97 Å². The van der Waals surface area contributed by atoms with Crippen LogP contribution in [0, 0.1) is 12.8 Å². The molecule has 1 amide bonds. The second-order valence-corrected chi connectivity index (χ2v) is 5.59. The van der Waals surface area contributed by atoms with Gasteiger partial charge in [0.2, 0.25) is 11.8 Å². The van der Waals surface area contributed by atoms with Crippen LogP contribution in [-0.4, -0.2) is 22.9 Å². The molecule has 0 bridgehead atoms. The molecule has 1 aromatic rings. The predicted molar refractivity (Wildman–Crippen MR) is 66.9 cm³/mol. The second kappa shape index (κ2) is 4.88. The third kappa shape index (κ3) is 2.91. The molecule has 1 heterocycles. The minimum absolute atomic E-state index is 0.0237. The van der Waals surface area contributed by atoms with Crippen LogP contribution < -0.4 is 5.32 Å². The Bertz CT molecular complexity index is 527. The fraction of sp³-hybridized carbons (Fsp3) is 0.500. The van der Waals surface area contributed by atoms with E-state index in [-0.39, 0.29) is 23.4 Å². The van der Waals surface area contributed by atoms with Gasteiger partial charge in [-0.1, -0.05) is 0 Å². The molecule has 0 radical (unpaired) electrons. The highest BCUT2D eigenvalue weighted by atomic mass is 32.1. The van der Waals surface area contributed by atoms with Gasteiger partial charge in [0.1, 0.15) is 4.88 Å². The molecule has 0 aromatic carbocycles. The van der Waals surface area contributed by atoms with Gasteiger partial charge in [-0.2, -0.15) is 0 Å². The number of carboxylic acid groups (broad SMARTS) is 1. The highest BCUT2D eigenvalue weighted by Gasteiger charge is 2.42. The second-order valence-electron chi connectivity index (χ2n) is 4.71. The Hall–Kier alpha value is -1.50. The van der Waals surface area contributed by atoms with Crippen molar-refractivity contribution in [3.8, 4) is 0 Å². The minimum Gasteiger partial charge on any atom is -0.477 e. The van der Waals surface area contributed by atoms with E-state index in [1.807, 2.05) is 0 Å². The Balaban J connectivity index is 2.12. The molecule has 1 aliphatic carbocycles. The summed E-state index contributed by atoms with van der Waals surface area (Å²) in [5.41, 5.74) is 0.846. The number of aryl methyl sites for hydroxylation is 1. The number of anilines is 1. The van der Waals surface area contributed by atoms with E-state index < -0.39 is 30.1 Å². The Morgan fingerprint density at radius 2 is 2.21 bits per heavy atom. The number of hydrogen-bond acceptors (Lipinski definition) is 3. The lowest BCUT2D eigenvalue weighted by Crippen LogP contribution is -2.23. The third-order valence-corrected chi connectivity index (χ3v) is 4.28. The monoisotopic (exact) mass is 289 g/mol. The van der Waals surface area contributed by atoms with Crippen LogP contribution in [0.1, 0.15) is 34.5 Å². The molecule has 1 unspecified atom stereocenters. The summed E-state index contributed by atoms with van der Waals surface area (Å²) in [6.07, 6.45) is -0.631. The Labute approximate surface area is 112 Å². The number of carbonyl (C=O) groups is 2. The maximum Gasteiger partial charge on any atom is 0.348 e. The van der Waals surface area contributed by atoms with E-state index in [0.717, 1.165) is 11.3 Å². The van der Waals surface area contributed by atoms with Crippen LogP contribution in [0.3, 0.4) is 0 Å². The highest BCUT2D eigenvalue weighted by molar-refractivity contribution is 7.12. The van der Waals surface area contributed by atoms with Crippen molar-refractivity contribution in [3.05, 3.63) is 15.8 Å². The van der Waals surface area contributed by atoms with Gasteiger partial charge in [0.15, 0.2) is 0 Å². The molecule has 0 aliphatic heterocycles. The molecule has 2 rings (SSSR count). The average Bonchev–Trinajstić information content (AvgIpc) is 2.83. The number of amides is 1. The van der Waals surface area contributed by atoms with Crippen molar-refractivity contribution in [2.45, 2.75) is 32.1 Å². The van der Waals surface area contributed by atoms with E-state index in [2.05, 4.69) is 5.32 Å². The Morgan fingerprint density at radius 1 is 1.53 bits per heavy atom. The normalized spacial score (nSPS) is 21.3. The first kappa shape index (κ1) is 13.9. The summed E-state index contributed by atoms with van der Waals surface area (Å²) in [5.74, 6) is -5.20. The van der Waals surface area contributed by atoms with E-state index in [9.17, 15) is 18.4 Å². The van der Waals surface area contributed by atoms with Gasteiger partial charge in [-0.15, -0.1) is 11.3 Å². The van der Waals surface area contributed by atoms with Gasteiger partial charge in [0.25, 0.3) is 0 Å². The van der Waals surface area contributed by atoms with E-state index in [1.165, 1.54) is 0 Å². The summed E-state index contributed by atoms with van der Waals surface area (Å²) in [7, 11) is 0. The summed E-state index contributed by atoms with van der Waals surface area (Å²) >= 11 is 1.01. The van der Waals surface area contributed by atoms with Crippen molar-refractivity contribution < 1.29 is 23.5 Å². The number of carbonyl (C=O) groups excluding carboxylic acids is 1. The number of carboxylic acids is 1. The van der Waals surface area contributed by atoms with E-state index in [4.69, 9.17) is 5.11 Å². The molecular formula is C12H13F2NO3S. The summed E-state index contributed by atoms with van der Waals surface area (Å²) in [5, 5.41) is 13.1. The van der Waals surface area contributed by atoms with Crippen molar-refractivity contribution >= 4 is 28.9 Å². The van der Waals surface area contributed by atoms with Crippen molar-refractivity contribution in [2.75, 3.05) is 5.32 Å². The summed E-state index contributed by atoms with van der Waals surface area (Å²) in [4.78, 5) is 22.9. The van der Waals surface area contributed by atoms with Gasteiger partial charge < -0.3 is 10.4 Å². The van der Waals surface area contributed by atoms with Gasteiger partial charge in [-0.05, 0) is 24.3 Å². The zero-order valence-electron chi connectivity index (χ0n) is 10.2. The fourth-order valence-corrected chi connectivity index (χ4v) is 3.00. The van der Waals surface area contributed by atoms with E-state index in [1.54, 1.807) is 12.3 Å². The smallest absolute Gasteiger partial charge is 0.348 e. The van der Waals surface area contributed by atoms with Crippen molar-refractivity contribution in [2.24, 2.45) is 5.92 Å². The lowest BCUT2D eigenvalue weighted by molar-refractivity contribution is -0.120. The first-order valence-electron chi connectivity index (χ1n) is 5.80. The number of nitrogens with one attached hydrogen (secondary N) is 1. The van der Waals surface area contributed by atoms with Crippen LogP contribution in [0.5, 0.6) is 0 Å². The lowest BCUT2D eigenvalue weighted by Gasteiger charge is -2.12. The maximum atomic E-state index is 13.0. The minimum atomic E-state index is -2.79. The molecule has 7 heteroatoms. The molecule has 1 saturated carbocycles. The number of aromatic carboxylic acids is 1. The zero-order chi connectivity index (χ0) is 14.2. The largest absolute Gasteiger partial charge is 0.477 e. The molecule has 4 nitrogen and oxygen atoms in total. The van der Waals surface area contributed by atoms with Crippen molar-refractivity contribution in [3.63, 3.8) is 0 Å². The molecular weight excluding hydrogens is 276 g/mol. The Morgan fingerprint density at radius 3 is 2.74 bits per heavy atom. The third-order valence-electron chi connectivity index (χ3n) is 3.19. The topological polar surface area (TPSA) is 66.4 Å². The Kier molecular flexibility index (Phi) is 3.58. The van der Waals surface area contributed by atoms with E-state index >= 15 is 0 Å². The SMILES string of the molecule is Cc1csc(C(=O)O)c1NC(=O)C1CCC(F)(F)C1. The highest BCUT2D eigenvalue weighted by Crippen LogP contribution is 2.39. The van der Waals surface area contributed by atoms with E-state index in [0.29, 0.717) is 5.56 Å². The maximum absolute atomic E-state index is 13.0. The molecule has 0 spiro atoms. The summed E-state index contributed by atoms with van der Waals surface area (Å²) in [6.45, 7) is 1.67. The van der Waals surface area contributed by atoms with Crippen LogP contribution in [0.15, 0.2) is 5.38 Å². The van der Waals surface area contributed by atoms with Crippen LogP contribution in [0.25, 0.3) is 0 Å². The van der Waals surface area contributed by atoms with Gasteiger partial charge in [-0.3, -0.25) is 4.79 Å². The van der Waals surface area contributed by atoms with Gasteiger partial charge in [-0.25, -0.2) is 13.6 Å². The van der Waals surface area contributed by atoms with Crippen molar-refractivity contribution in [1.29, 1.82) is 0 Å². The number of thiophene rings is 1. The molecule has 1 aromatic heterocycles. The molecule has 0 saturated heterocycles. The molecule has 1 atom stereocenters. The zero-order valence-corrected chi connectivity index (χ0v) is 11.0. The fourth-order valence-electron chi connectivity index (χ4n) is 2.16. The van der Waals surface area contributed by atoms with Crippen LogP contribution >= 0.6 is 11.3 Å². The molecule has 19 heavy (non-hydrogen) atoms. The van der Waals surface area contributed by atoms with Gasteiger partial charge in [0, 0.05) is 18.8 Å². The quantitative estimate of drug-likeness (QED) is 0.898. The number of rotatable bonds is 3. The van der Waals surface area contributed by atoms with Crippen molar-refractivity contribution in [1.82, 2.24) is 0 Å². The summed E-state index contributed by atoms with van der Waals surface area (Å²) in [6, 6.07) is 0. The summed E-state index contributed by atoms with van der Waals surface area (Å²) < 4.78 is 26.1. The molecule has 2 N–H and O–H groups in total. The first-order valence-corrected chi connectivity index (χ1v) is 6.68. The number of alkyl halides is 2. The lowest BCUT2D eigenvalue weighted by atomic mass is 10.1. The first-order chi connectivity index (χ1) is 8.80. The molecule has 1 aliphatic rings. The number of hydrogen-bond donors (Lipinski definition) is 2. The van der Waals surface area contributed by atoms with Gasteiger partial charge in [0.05, 0.1) is 5.69 Å². The van der Waals surface area contributed by atoms with Crippen LogP contribution in [0.2, 0.25) is 0 Å². The number of halogens is 2. The van der Waals surface area contributed by atoms with Crippen LogP contribution in [0.4, 0.5) is 14.5 Å². The molecule has 1 fully saturated rings. The van der Waals surface area contributed by atoms with Crippen LogP contribution in [-0.2, 0) is 4.79 Å². The molecule has 104 valence electrons. The standard InChI is InChI=1S/C12H13F2NO3S/c1-6-5-19-9(11(17)18)8(6)15-10(16)7-2-3-12(13,14)4-7/h5,7H,2-4H2,1H3,(H,15,16)(H,17,18). The predicted octanol–water partition coefficient (Wildman–Crippen LogP) is 3.13. The average molecular weight is 289 g/mol.